The summed E-state index contributed by atoms with van der Waals surface area (Å²) in [7, 11) is 0. The lowest BCUT2D eigenvalue weighted by Crippen LogP contribution is -2.11. The number of aromatic nitrogens is 2. The summed E-state index contributed by atoms with van der Waals surface area (Å²) in [6.45, 7) is 2.23. The number of benzene rings is 2. The number of halogens is 1. The van der Waals surface area contributed by atoms with Crippen molar-refractivity contribution in [1.29, 1.82) is 0 Å². The highest BCUT2D eigenvalue weighted by atomic mass is 35.5. The first kappa shape index (κ1) is 20.5. The van der Waals surface area contributed by atoms with Crippen molar-refractivity contribution in [1.82, 2.24) is 10.2 Å². The van der Waals surface area contributed by atoms with Gasteiger partial charge in [0.25, 0.3) is 5.91 Å². The summed E-state index contributed by atoms with van der Waals surface area (Å²) in [6, 6.07) is 15.3. The van der Waals surface area contributed by atoms with E-state index in [0.717, 1.165) is 12.0 Å². The fourth-order valence-corrected chi connectivity index (χ4v) is 4.00. The fraction of sp³-hybridized carbons (Fsp3) is 0.318. The first-order chi connectivity index (χ1) is 13.7. The highest BCUT2D eigenvalue weighted by Crippen LogP contribution is 2.31. The van der Waals surface area contributed by atoms with Crippen LogP contribution < -0.4 is 5.32 Å². The number of nitrogens with one attached hydrogen (secondary N) is 1. The molecule has 0 unspecified atom stereocenters. The molecular formula is C22H24ClN3OS. The summed E-state index contributed by atoms with van der Waals surface area (Å²) in [5, 5.41) is 12.8. The number of carbonyl (C=O) groups is 1. The summed E-state index contributed by atoms with van der Waals surface area (Å²) in [5.74, 6) is -0.184. The molecule has 0 bridgehead atoms. The van der Waals surface area contributed by atoms with E-state index in [0.29, 0.717) is 20.7 Å². The van der Waals surface area contributed by atoms with Crippen LogP contribution in [0.2, 0.25) is 5.02 Å². The van der Waals surface area contributed by atoms with Crippen LogP contribution in [-0.4, -0.2) is 16.1 Å². The maximum Gasteiger partial charge on any atom is 0.257 e. The number of hydrogen-bond acceptors (Lipinski definition) is 4. The third-order valence-electron chi connectivity index (χ3n) is 4.53. The Morgan fingerprint density at radius 3 is 2.50 bits per heavy atom. The number of rotatable bonds is 9. The largest absolute Gasteiger partial charge is 0.296 e. The van der Waals surface area contributed by atoms with E-state index < -0.39 is 0 Å². The highest BCUT2D eigenvalue weighted by Gasteiger charge is 2.13. The van der Waals surface area contributed by atoms with Gasteiger partial charge < -0.3 is 0 Å². The Morgan fingerprint density at radius 1 is 1.00 bits per heavy atom. The number of aryl methyl sites for hydroxylation is 1. The number of amides is 1. The van der Waals surface area contributed by atoms with Crippen molar-refractivity contribution in [3.05, 3.63) is 64.7 Å². The molecule has 3 rings (SSSR count). The molecule has 0 aliphatic heterocycles. The van der Waals surface area contributed by atoms with Gasteiger partial charge in [-0.2, -0.15) is 0 Å². The lowest BCUT2D eigenvalue weighted by atomic mass is 10.0. The lowest BCUT2D eigenvalue weighted by Gasteiger charge is -2.04. The normalized spacial score (nSPS) is 10.8. The van der Waals surface area contributed by atoms with Crippen LogP contribution in [0, 0.1) is 0 Å². The van der Waals surface area contributed by atoms with Gasteiger partial charge in [-0.25, -0.2) is 0 Å². The molecule has 0 aliphatic rings. The van der Waals surface area contributed by atoms with Crippen LogP contribution in [0.5, 0.6) is 0 Å². The smallest absolute Gasteiger partial charge is 0.257 e. The van der Waals surface area contributed by atoms with Gasteiger partial charge >= 0.3 is 0 Å². The quantitative estimate of drug-likeness (QED) is 0.401. The predicted octanol–water partition coefficient (Wildman–Crippen LogP) is 6.62. The van der Waals surface area contributed by atoms with Crippen LogP contribution in [-0.2, 0) is 6.42 Å². The van der Waals surface area contributed by atoms with E-state index in [1.807, 2.05) is 48.5 Å². The zero-order valence-electron chi connectivity index (χ0n) is 16.0. The molecule has 3 aromatic rings. The van der Waals surface area contributed by atoms with E-state index in [9.17, 15) is 4.79 Å². The average Bonchev–Trinajstić information content (AvgIpc) is 3.17. The molecule has 1 amide bonds. The minimum atomic E-state index is -0.184. The van der Waals surface area contributed by atoms with Crippen LogP contribution in [0.15, 0.2) is 48.5 Å². The molecule has 6 heteroatoms. The molecule has 0 aliphatic carbocycles. The first-order valence-corrected chi connectivity index (χ1v) is 10.9. The van der Waals surface area contributed by atoms with E-state index in [4.69, 9.17) is 11.6 Å². The van der Waals surface area contributed by atoms with Crippen LogP contribution >= 0.6 is 22.9 Å². The maximum absolute atomic E-state index is 12.5. The molecular weight excluding hydrogens is 390 g/mol. The van der Waals surface area contributed by atoms with Gasteiger partial charge in [-0.1, -0.05) is 85.9 Å². The van der Waals surface area contributed by atoms with E-state index >= 15 is 0 Å². The Kier molecular flexibility index (Phi) is 7.57. The van der Waals surface area contributed by atoms with E-state index in [2.05, 4.69) is 22.4 Å². The van der Waals surface area contributed by atoms with Gasteiger partial charge in [0, 0.05) is 11.1 Å². The van der Waals surface area contributed by atoms with Gasteiger partial charge in [-0.05, 0) is 36.6 Å². The van der Waals surface area contributed by atoms with Gasteiger partial charge in [0.15, 0.2) is 5.01 Å². The number of nitrogens with zero attached hydrogens (tertiary/aromatic N) is 2. The summed E-state index contributed by atoms with van der Waals surface area (Å²) >= 11 is 7.50. The van der Waals surface area contributed by atoms with Gasteiger partial charge in [0.2, 0.25) is 5.13 Å². The molecule has 0 spiro atoms. The predicted molar refractivity (Wildman–Crippen MR) is 117 cm³/mol. The lowest BCUT2D eigenvalue weighted by molar-refractivity contribution is 0.102. The Balaban J connectivity index is 1.56. The molecule has 28 heavy (non-hydrogen) atoms. The van der Waals surface area contributed by atoms with Gasteiger partial charge in [-0.15, -0.1) is 10.2 Å². The fourth-order valence-electron chi connectivity index (χ4n) is 2.94. The van der Waals surface area contributed by atoms with Crippen molar-refractivity contribution in [2.75, 3.05) is 5.32 Å². The van der Waals surface area contributed by atoms with E-state index in [1.54, 1.807) is 0 Å². The highest BCUT2D eigenvalue weighted by molar-refractivity contribution is 7.18. The minimum absolute atomic E-state index is 0.184. The standard InChI is InChI=1S/C22H24ClN3OS/c1-2-3-4-5-6-9-16-12-14-17(15-13-16)20(27)24-22-26-25-21(28-22)18-10-7-8-11-19(18)23/h7-8,10-15H,2-6,9H2,1H3,(H,24,26,27). The molecule has 146 valence electrons. The molecule has 0 fully saturated rings. The Morgan fingerprint density at radius 2 is 1.75 bits per heavy atom. The molecule has 2 aromatic carbocycles. The van der Waals surface area contributed by atoms with Crippen LogP contribution in [0.25, 0.3) is 10.6 Å². The van der Waals surface area contributed by atoms with Gasteiger partial charge in [-0.3, -0.25) is 10.1 Å². The SMILES string of the molecule is CCCCCCCc1ccc(C(=O)Nc2nnc(-c3ccccc3Cl)s2)cc1. The maximum atomic E-state index is 12.5. The minimum Gasteiger partial charge on any atom is -0.296 e. The zero-order chi connectivity index (χ0) is 19.8. The van der Waals surface area contributed by atoms with Crippen LogP contribution in [0.3, 0.4) is 0 Å². The van der Waals surface area contributed by atoms with Crippen molar-refractivity contribution >= 4 is 34.0 Å². The third kappa shape index (κ3) is 5.63. The molecule has 4 nitrogen and oxygen atoms in total. The molecule has 0 atom stereocenters. The van der Waals surface area contributed by atoms with Crippen molar-refractivity contribution in [3.63, 3.8) is 0 Å². The number of unbranched alkanes of at least 4 members (excludes halogenated alkanes) is 4. The summed E-state index contributed by atoms with van der Waals surface area (Å²) < 4.78 is 0. The number of hydrogen-bond donors (Lipinski definition) is 1. The molecule has 0 saturated carbocycles. The summed E-state index contributed by atoms with van der Waals surface area (Å²) in [4.78, 5) is 12.5. The number of carbonyl (C=O) groups excluding carboxylic acids is 1. The topological polar surface area (TPSA) is 54.9 Å². The Bertz CT molecular complexity index is 908. The van der Waals surface area contributed by atoms with E-state index in [1.165, 1.54) is 49.0 Å². The molecule has 1 aromatic heterocycles. The van der Waals surface area contributed by atoms with Crippen molar-refractivity contribution in [2.24, 2.45) is 0 Å². The Labute approximate surface area is 175 Å². The summed E-state index contributed by atoms with van der Waals surface area (Å²) in [5.41, 5.74) is 2.69. The third-order valence-corrected chi connectivity index (χ3v) is 5.74. The number of anilines is 1. The molecule has 1 N–H and O–H groups in total. The van der Waals surface area contributed by atoms with Crippen molar-refractivity contribution < 1.29 is 4.79 Å². The van der Waals surface area contributed by atoms with Crippen molar-refractivity contribution in [3.8, 4) is 10.6 Å². The van der Waals surface area contributed by atoms with Crippen molar-refractivity contribution in [2.45, 2.75) is 45.4 Å². The molecule has 0 radical (unpaired) electrons. The van der Waals surface area contributed by atoms with Gasteiger partial charge in [0.1, 0.15) is 0 Å². The second kappa shape index (κ2) is 10.3. The second-order valence-corrected chi connectivity index (χ2v) is 8.09. The van der Waals surface area contributed by atoms with E-state index in [-0.39, 0.29) is 5.91 Å². The summed E-state index contributed by atoms with van der Waals surface area (Å²) in [6.07, 6.45) is 7.39. The average molecular weight is 414 g/mol. The Hall–Kier alpha value is -2.24. The van der Waals surface area contributed by atoms with Crippen LogP contribution in [0.4, 0.5) is 5.13 Å². The molecule has 1 heterocycles. The first-order valence-electron chi connectivity index (χ1n) is 9.66. The zero-order valence-corrected chi connectivity index (χ0v) is 17.5. The monoisotopic (exact) mass is 413 g/mol. The molecule has 0 saturated heterocycles. The van der Waals surface area contributed by atoms with Gasteiger partial charge in [0.05, 0.1) is 5.02 Å². The second-order valence-electron chi connectivity index (χ2n) is 6.71. The van der Waals surface area contributed by atoms with Crippen LogP contribution in [0.1, 0.15) is 54.9 Å².